The van der Waals surface area contributed by atoms with Gasteiger partial charge in [-0.1, -0.05) is 28.1 Å². The SMILES string of the molecule is Cc1cccc(N(CC(=O)N=Nc2c(O)[nH]c3ccc(Br)cc23)S(C)(=O)=O)c1C. The van der Waals surface area contributed by atoms with E-state index in [9.17, 15) is 18.3 Å². The quantitative estimate of drug-likeness (QED) is 0.530. The summed E-state index contributed by atoms with van der Waals surface area (Å²) in [5.41, 5.74) is 2.80. The topological polar surface area (TPSA) is 115 Å². The molecule has 2 N–H and O–H groups in total. The maximum atomic E-state index is 12.4. The van der Waals surface area contributed by atoms with Gasteiger partial charge in [-0.3, -0.25) is 9.10 Å². The zero-order valence-electron chi connectivity index (χ0n) is 16.0. The molecule has 0 radical (unpaired) electrons. The molecule has 1 heterocycles. The minimum absolute atomic E-state index is 0.104. The van der Waals surface area contributed by atoms with Crippen molar-refractivity contribution < 1.29 is 18.3 Å². The number of halogens is 1. The van der Waals surface area contributed by atoms with Crippen LogP contribution in [-0.2, 0) is 14.8 Å². The first-order valence-corrected chi connectivity index (χ1v) is 11.2. The summed E-state index contributed by atoms with van der Waals surface area (Å²) in [5.74, 6) is -0.996. The number of nitrogens with one attached hydrogen (secondary N) is 1. The number of hydrogen-bond donors (Lipinski definition) is 2. The Morgan fingerprint density at radius 3 is 2.66 bits per heavy atom. The summed E-state index contributed by atoms with van der Waals surface area (Å²) in [6, 6.07) is 10.5. The Bertz CT molecular complexity index is 1230. The molecule has 8 nitrogen and oxygen atoms in total. The van der Waals surface area contributed by atoms with Gasteiger partial charge in [-0.25, -0.2) is 8.42 Å². The summed E-state index contributed by atoms with van der Waals surface area (Å²) >= 11 is 3.34. The smallest absolute Gasteiger partial charge is 0.285 e. The molecule has 0 aliphatic rings. The van der Waals surface area contributed by atoms with Gasteiger partial charge in [-0.2, -0.15) is 0 Å². The number of sulfonamides is 1. The van der Waals surface area contributed by atoms with Crippen LogP contribution in [0, 0.1) is 13.8 Å². The maximum Gasteiger partial charge on any atom is 0.285 e. The second-order valence-corrected chi connectivity index (χ2v) is 9.42. The molecule has 1 aromatic heterocycles. The fourth-order valence-corrected chi connectivity index (χ4v) is 4.15. The van der Waals surface area contributed by atoms with E-state index in [-0.39, 0.29) is 11.6 Å². The Morgan fingerprint density at radius 2 is 1.97 bits per heavy atom. The number of aromatic amines is 1. The van der Waals surface area contributed by atoms with Crippen LogP contribution in [-0.4, -0.2) is 37.2 Å². The first-order valence-electron chi connectivity index (χ1n) is 8.56. The van der Waals surface area contributed by atoms with E-state index >= 15 is 0 Å². The van der Waals surface area contributed by atoms with Crippen molar-refractivity contribution in [2.45, 2.75) is 13.8 Å². The van der Waals surface area contributed by atoms with Crippen molar-refractivity contribution >= 4 is 54.1 Å². The molecule has 3 rings (SSSR count). The summed E-state index contributed by atoms with van der Waals surface area (Å²) in [6.07, 6.45) is 1.03. The zero-order valence-corrected chi connectivity index (χ0v) is 18.4. The number of azo groups is 1. The van der Waals surface area contributed by atoms with Gasteiger partial charge < -0.3 is 10.1 Å². The Balaban J connectivity index is 1.91. The van der Waals surface area contributed by atoms with Gasteiger partial charge in [0.25, 0.3) is 5.91 Å². The number of H-pyrrole nitrogens is 1. The third kappa shape index (κ3) is 4.48. The molecule has 2 aromatic carbocycles. The molecule has 0 aliphatic carbocycles. The van der Waals surface area contributed by atoms with Crippen LogP contribution >= 0.6 is 15.9 Å². The average Bonchev–Trinajstić information content (AvgIpc) is 2.94. The molecule has 0 fully saturated rings. The molecule has 3 aromatic rings. The lowest BCUT2D eigenvalue weighted by atomic mass is 10.1. The molecule has 152 valence electrons. The normalized spacial score (nSPS) is 12.0. The van der Waals surface area contributed by atoms with Gasteiger partial charge in [0.1, 0.15) is 6.54 Å². The van der Waals surface area contributed by atoms with E-state index in [1.807, 2.05) is 13.0 Å². The molecule has 0 spiro atoms. The lowest BCUT2D eigenvalue weighted by Crippen LogP contribution is -2.35. The number of amides is 1. The van der Waals surface area contributed by atoms with E-state index in [0.717, 1.165) is 26.2 Å². The number of rotatable bonds is 5. The molecule has 0 unspecified atom stereocenters. The highest BCUT2D eigenvalue weighted by Crippen LogP contribution is 2.36. The molecule has 0 bridgehead atoms. The molecule has 29 heavy (non-hydrogen) atoms. The van der Waals surface area contributed by atoms with Crippen LogP contribution in [0.4, 0.5) is 11.4 Å². The minimum atomic E-state index is -3.72. The summed E-state index contributed by atoms with van der Waals surface area (Å²) in [7, 11) is -3.72. The molecule has 0 saturated heterocycles. The number of hydrogen-bond acceptors (Lipinski definition) is 5. The van der Waals surface area contributed by atoms with E-state index in [2.05, 4.69) is 31.1 Å². The van der Waals surface area contributed by atoms with Crippen LogP contribution in [0.1, 0.15) is 11.1 Å². The number of anilines is 1. The largest absolute Gasteiger partial charge is 0.493 e. The minimum Gasteiger partial charge on any atom is -0.493 e. The Morgan fingerprint density at radius 1 is 1.24 bits per heavy atom. The van der Waals surface area contributed by atoms with E-state index in [1.54, 1.807) is 37.3 Å². The Kier molecular flexibility index (Phi) is 5.76. The highest BCUT2D eigenvalue weighted by atomic mass is 79.9. The Labute approximate surface area is 176 Å². The molecule has 10 heteroatoms. The van der Waals surface area contributed by atoms with Crippen LogP contribution in [0.25, 0.3) is 10.9 Å². The first kappa shape index (κ1) is 21.0. The number of fused-ring (bicyclic) bond motifs is 1. The second-order valence-electron chi connectivity index (χ2n) is 6.59. The van der Waals surface area contributed by atoms with Crippen molar-refractivity contribution in [3.63, 3.8) is 0 Å². The predicted octanol–water partition coefficient (Wildman–Crippen LogP) is 4.33. The van der Waals surface area contributed by atoms with Gasteiger partial charge >= 0.3 is 0 Å². The van der Waals surface area contributed by atoms with Crippen LogP contribution in [0.5, 0.6) is 5.88 Å². The zero-order chi connectivity index (χ0) is 21.3. The fraction of sp³-hybridized carbons (Fsp3) is 0.211. The monoisotopic (exact) mass is 478 g/mol. The highest BCUT2D eigenvalue weighted by Gasteiger charge is 2.23. The third-order valence-corrected chi connectivity index (χ3v) is 6.12. The van der Waals surface area contributed by atoms with E-state index in [4.69, 9.17) is 0 Å². The number of aromatic nitrogens is 1. The van der Waals surface area contributed by atoms with Crippen molar-refractivity contribution in [1.29, 1.82) is 0 Å². The summed E-state index contributed by atoms with van der Waals surface area (Å²) in [6.45, 7) is 3.15. The lowest BCUT2D eigenvalue weighted by molar-refractivity contribution is -0.116. The summed E-state index contributed by atoms with van der Waals surface area (Å²) in [4.78, 5) is 15.2. The predicted molar refractivity (Wildman–Crippen MR) is 115 cm³/mol. The number of aromatic hydroxyl groups is 1. The van der Waals surface area contributed by atoms with Crippen LogP contribution in [0.3, 0.4) is 0 Å². The second kappa shape index (κ2) is 7.96. The van der Waals surface area contributed by atoms with Crippen LogP contribution in [0.15, 0.2) is 51.1 Å². The van der Waals surface area contributed by atoms with Gasteiger partial charge in [0, 0.05) is 9.86 Å². The molecule has 0 saturated carbocycles. The van der Waals surface area contributed by atoms with Gasteiger partial charge in [0.05, 0.1) is 17.5 Å². The molecular formula is C19H19BrN4O4S. The summed E-state index contributed by atoms with van der Waals surface area (Å²) in [5, 5.41) is 18.1. The first-order chi connectivity index (χ1) is 13.6. The van der Waals surface area contributed by atoms with Crippen molar-refractivity contribution in [3.8, 4) is 5.88 Å². The highest BCUT2D eigenvalue weighted by molar-refractivity contribution is 9.10. The molecule has 0 aliphatic heterocycles. The number of carbonyl (C=O) groups excluding carboxylic acids is 1. The van der Waals surface area contributed by atoms with Gasteiger partial charge in [0.2, 0.25) is 15.9 Å². The summed E-state index contributed by atoms with van der Waals surface area (Å²) < 4.78 is 26.3. The van der Waals surface area contributed by atoms with Crippen LogP contribution < -0.4 is 4.31 Å². The van der Waals surface area contributed by atoms with Gasteiger partial charge in [-0.05, 0) is 49.2 Å². The van der Waals surface area contributed by atoms with E-state index < -0.39 is 22.5 Å². The van der Waals surface area contributed by atoms with Crippen molar-refractivity contribution in [3.05, 3.63) is 52.0 Å². The third-order valence-electron chi connectivity index (χ3n) is 4.50. The molecular weight excluding hydrogens is 460 g/mol. The van der Waals surface area contributed by atoms with Gasteiger partial charge in [0.15, 0.2) is 5.69 Å². The lowest BCUT2D eigenvalue weighted by Gasteiger charge is -2.23. The Hall–Kier alpha value is -2.72. The number of nitrogens with zero attached hydrogens (tertiary/aromatic N) is 3. The van der Waals surface area contributed by atoms with Crippen molar-refractivity contribution in [2.75, 3.05) is 17.1 Å². The van der Waals surface area contributed by atoms with E-state index in [1.165, 1.54) is 0 Å². The number of aryl methyl sites for hydroxylation is 1. The maximum absolute atomic E-state index is 12.4. The van der Waals surface area contributed by atoms with Crippen molar-refractivity contribution in [2.24, 2.45) is 10.2 Å². The van der Waals surface area contributed by atoms with Crippen LogP contribution in [0.2, 0.25) is 0 Å². The average molecular weight is 479 g/mol. The van der Waals surface area contributed by atoms with Gasteiger partial charge in [-0.15, -0.1) is 10.2 Å². The number of carbonyl (C=O) groups is 1. The standard InChI is InChI=1S/C19H19BrN4O4S/c1-11-5-4-6-16(12(11)2)24(29(3,27)28)10-17(25)22-23-18-14-9-13(20)7-8-15(14)21-19(18)26/h4-9,21,26H,10H2,1-3H3. The van der Waals surface area contributed by atoms with E-state index in [0.29, 0.717) is 16.6 Å². The van der Waals surface area contributed by atoms with Crippen molar-refractivity contribution in [1.82, 2.24) is 4.98 Å². The molecule has 1 amide bonds. The number of benzene rings is 2. The molecule has 0 atom stereocenters. The fourth-order valence-electron chi connectivity index (χ4n) is 2.88.